The Balaban J connectivity index is 2.13. The highest BCUT2D eigenvalue weighted by molar-refractivity contribution is 5.68. The first-order chi connectivity index (χ1) is 8.87. The van der Waals surface area contributed by atoms with Gasteiger partial charge in [-0.2, -0.15) is 0 Å². The number of hydrogen-bond donors (Lipinski definition) is 0. The van der Waals surface area contributed by atoms with E-state index in [1.54, 1.807) is 0 Å². The van der Waals surface area contributed by atoms with E-state index in [0.717, 1.165) is 12.8 Å². The Morgan fingerprint density at radius 3 is 2.84 bits per heavy atom. The normalized spacial score (nSPS) is 28.2. The largest absolute Gasteiger partial charge is 0.444 e. The van der Waals surface area contributed by atoms with Crippen molar-refractivity contribution in [2.75, 3.05) is 19.8 Å². The summed E-state index contributed by atoms with van der Waals surface area (Å²) in [5.74, 6) is 0.467. The third-order valence-corrected chi connectivity index (χ3v) is 3.68. The van der Waals surface area contributed by atoms with E-state index in [9.17, 15) is 4.79 Å². The molecule has 4 nitrogen and oxygen atoms in total. The molecule has 108 valence electrons. The Kier molecular flexibility index (Phi) is 4.19. The lowest BCUT2D eigenvalue weighted by Gasteiger charge is -2.37. The van der Waals surface area contributed by atoms with Gasteiger partial charge in [-0.3, -0.25) is 0 Å². The van der Waals surface area contributed by atoms with Gasteiger partial charge in [0, 0.05) is 12.6 Å². The van der Waals surface area contributed by atoms with E-state index in [1.165, 1.54) is 5.57 Å². The van der Waals surface area contributed by atoms with E-state index in [0.29, 0.717) is 25.7 Å². The van der Waals surface area contributed by atoms with Crippen LogP contribution in [0.1, 0.15) is 40.5 Å². The molecule has 2 heterocycles. The van der Waals surface area contributed by atoms with Crippen molar-refractivity contribution in [2.45, 2.75) is 52.2 Å². The Hall–Kier alpha value is -1.03. The van der Waals surface area contributed by atoms with Crippen molar-refractivity contribution >= 4 is 6.09 Å². The van der Waals surface area contributed by atoms with E-state index in [-0.39, 0.29) is 12.1 Å². The van der Waals surface area contributed by atoms with E-state index in [1.807, 2.05) is 25.7 Å². The van der Waals surface area contributed by atoms with Gasteiger partial charge in [0.2, 0.25) is 0 Å². The van der Waals surface area contributed by atoms with Crippen LogP contribution in [0.3, 0.4) is 0 Å². The van der Waals surface area contributed by atoms with E-state index in [2.05, 4.69) is 13.0 Å². The van der Waals surface area contributed by atoms with Crippen molar-refractivity contribution in [3.8, 4) is 0 Å². The van der Waals surface area contributed by atoms with Crippen LogP contribution in [0.5, 0.6) is 0 Å². The maximum Gasteiger partial charge on any atom is 0.410 e. The van der Waals surface area contributed by atoms with Crippen molar-refractivity contribution in [1.29, 1.82) is 0 Å². The Morgan fingerprint density at radius 2 is 2.21 bits per heavy atom. The molecule has 2 unspecified atom stereocenters. The van der Waals surface area contributed by atoms with Crippen LogP contribution in [0.2, 0.25) is 0 Å². The zero-order valence-corrected chi connectivity index (χ0v) is 12.4. The van der Waals surface area contributed by atoms with E-state index >= 15 is 0 Å². The molecule has 4 heteroatoms. The molecule has 19 heavy (non-hydrogen) atoms. The zero-order chi connectivity index (χ0) is 14.0. The molecule has 2 bridgehead atoms. The van der Waals surface area contributed by atoms with Gasteiger partial charge in [0.15, 0.2) is 0 Å². The second-order valence-electron chi connectivity index (χ2n) is 6.57. The standard InChI is InChI=1S/C15H25NO3/c1-11-9-12-5-6-13(11)16(7-8-18-10-12)14(17)19-15(2,3)4/h5,11,13H,6-10H2,1-4H3. The van der Waals surface area contributed by atoms with Gasteiger partial charge in [-0.1, -0.05) is 13.0 Å². The molecule has 2 aliphatic heterocycles. The first kappa shape index (κ1) is 14.4. The van der Waals surface area contributed by atoms with Crippen LogP contribution in [0, 0.1) is 5.92 Å². The summed E-state index contributed by atoms with van der Waals surface area (Å²) in [4.78, 5) is 14.2. The highest BCUT2D eigenvalue weighted by Crippen LogP contribution is 2.30. The summed E-state index contributed by atoms with van der Waals surface area (Å²) in [6.07, 6.45) is 3.95. The van der Waals surface area contributed by atoms with Crippen molar-refractivity contribution in [3.63, 3.8) is 0 Å². The fourth-order valence-corrected chi connectivity index (χ4v) is 2.78. The van der Waals surface area contributed by atoms with Gasteiger partial charge in [0.1, 0.15) is 5.60 Å². The molecule has 0 N–H and O–H groups in total. The number of nitrogens with zero attached hydrogens (tertiary/aromatic N) is 1. The van der Waals surface area contributed by atoms with Crippen LogP contribution in [0.4, 0.5) is 4.79 Å². The van der Waals surface area contributed by atoms with Crippen molar-refractivity contribution in [1.82, 2.24) is 4.90 Å². The van der Waals surface area contributed by atoms with Crippen LogP contribution in [0.15, 0.2) is 11.6 Å². The molecule has 3 rings (SSSR count). The summed E-state index contributed by atoms with van der Waals surface area (Å²) in [7, 11) is 0. The molecule has 1 fully saturated rings. The van der Waals surface area contributed by atoms with Gasteiger partial charge in [0.25, 0.3) is 0 Å². The maximum absolute atomic E-state index is 12.4. The average Bonchev–Trinajstić information content (AvgIpc) is 2.41. The highest BCUT2D eigenvalue weighted by atomic mass is 16.6. The molecule has 1 saturated heterocycles. The summed E-state index contributed by atoms with van der Waals surface area (Å²) >= 11 is 0. The molecule has 3 aliphatic rings. The summed E-state index contributed by atoms with van der Waals surface area (Å²) in [5.41, 5.74) is 0.921. The predicted molar refractivity (Wildman–Crippen MR) is 74.0 cm³/mol. The molecule has 0 aromatic rings. The van der Waals surface area contributed by atoms with Crippen LogP contribution >= 0.6 is 0 Å². The number of hydrogen-bond acceptors (Lipinski definition) is 3. The smallest absolute Gasteiger partial charge is 0.410 e. The maximum atomic E-state index is 12.4. The third kappa shape index (κ3) is 3.72. The minimum absolute atomic E-state index is 0.216. The molecule has 0 aromatic carbocycles. The molecule has 0 spiro atoms. The number of ether oxygens (including phenoxy) is 2. The van der Waals surface area contributed by atoms with Gasteiger partial charge in [0.05, 0.1) is 13.2 Å². The number of amides is 1. The fourth-order valence-electron chi connectivity index (χ4n) is 2.78. The predicted octanol–water partition coefficient (Wildman–Crippen LogP) is 2.98. The molecule has 0 radical (unpaired) electrons. The number of carbonyl (C=O) groups excluding carboxylic acids is 1. The van der Waals surface area contributed by atoms with Crippen molar-refractivity contribution < 1.29 is 14.3 Å². The molecule has 0 aromatic heterocycles. The molecular weight excluding hydrogens is 242 g/mol. The first-order valence-corrected chi connectivity index (χ1v) is 7.12. The molecule has 1 aliphatic carbocycles. The van der Waals surface area contributed by atoms with Gasteiger partial charge < -0.3 is 14.4 Å². The summed E-state index contributed by atoms with van der Waals surface area (Å²) in [6, 6.07) is 0.236. The monoisotopic (exact) mass is 267 g/mol. The quantitative estimate of drug-likeness (QED) is 0.633. The van der Waals surface area contributed by atoms with Gasteiger partial charge >= 0.3 is 6.09 Å². The summed E-state index contributed by atoms with van der Waals surface area (Å²) in [5, 5.41) is 0. The van der Waals surface area contributed by atoms with Crippen LogP contribution in [-0.4, -0.2) is 42.4 Å². The van der Waals surface area contributed by atoms with Crippen LogP contribution < -0.4 is 0 Å². The Labute approximate surface area is 115 Å². The number of carbonyl (C=O) groups is 1. The molecule has 1 amide bonds. The second kappa shape index (κ2) is 5.53. The minimum atomic E-state index is -0.449. The molecule has 0 saturated carbocycles. The average molecular weight is 267 g/mol. The second-order valence-corrected chi connectivity index (χ2v) is 6.57. The van der Waals surface area contributed by atoms with Gasteiger partial charge in [-0.05, 0) is 45.1 Å². The topological polar surface area (TPSA) is 38.8 Å². The lowest BCUT2D eigenvalue weighted by atomic mass is 9.85. The van der Waals surface area contributed by atoms with Crippen LogP contribution in [-0.2, 0) is 9.47 Å². The molecule has 2 atom stereocenters. The third-order valence-electron chi connectivity index (χ3n) is 3.68. The first-order valence-electron chi connectivity index (χ1n) is 7.12. The fraction of sp³-hybridized carbons (Fsp3) is 0.800. The summed E-state index contributed by atoms with van der Waals surface area (Å²) < 4.78 is 11.1. The zero-order valence-electron chi connectivity index (χ0n) is 12.4. The SMILES string of the molecule is CC1CC2=CCC1N(C(=O)OC(C)(C)C)CCOC2. The van der Waals surface area contributed by atoms with Crippen molar-refractivity contribution in [2.24, 2.45) is 5.92 Å². The van der Waals surface area contributed by atoms with E-state index in [4.69, 9.17) is 9.47 Å². The highest BCUT2D eigenvalue weighted by Gasteiger charge is 2.34. The number of fused-ring (bicyclic) bond motifs is 6. The Morgan fingerprint density at radius 1 is 1.47 bits per heavy atom. The van der Waals surface area contributed by atoms with Gasteiger partial charge in [-0.15, -0.1) is 0 Å². The van der Waals surface area contributed by atoms with E-state index < -0.39 is 5.60 Å². The lowest BCUT2D eigenvalue weighted by Crippen LogP contribution is -2.47. The summed E-state index contributed by atoms with van der Waals surface area (Å²) in [6.45, 7) is 9.82. The van der Waals surface area contributed by atoms with Gasteiger partial charge in [-0.25, -0.2) is 4.79 Å². The number of rotatable bonds is 0. The van der Waals surface area contributed by atoms with Crippen LogP contribution in [0.25, 0.3) is 0 Å². The van der Waals surface area contributed by atoms with Crippen molar-refractivity contribution in [3.05, 3.63) is 11.6 Å². The molecular formula is C15H25NO3. The Bertz CT molecular complexity index is 370. The lowest BCUT2D eigenvalue weighted by molar-refractivity contribution is 0.00544. The minimum Gasteiger partial charge on any atom is -0.444 e.